The molecule has 2 atom stereocenters. The van der Waals surface area contributed by atoms with Crippen LogP contribution in [0.1, 0.15) is 32.1 Å². The van der Waals surface area contributed by atoms with Gasteiger partial charge in [0.25, 0.3) is 0 Å². The molecule has 3 heteroatoms. The summed E-state index contributed by atoms with van der Waals surface area (Å²) in [6.07, 6.45) is 5.00. The summed E-state index contributed by atoms with van der Waals surface area (Å²) in [5.74, 6) is 0.378. The number of amides is 1. The van der Waals surface area contributed by atoms with E-state index in [9.17, 15) is 4.79 Å². The van der Waals surface area contributed by atoms with E-state index in [2.05, 4.69) is 17.4 Å². The van der Waals surface area contributed by atoms with Crippen LogP contribution in [-0.4, -0.2) is 11.9 Å². The summed E-state index contributed by atoms with van der Waals surface area (Å²) in [7, 11) is 0. The predicted molar refractivity (Wildman–Crippen MR) is 95.1 cm³/mol. The largest absolute Gasteiger partial charge is 0.327 e. The molecule has 0 heterocycles. The smallest absolute Gasteiger partial charge is 0.224 e. The zero-order valence-electron chi connectivity index (χ0n) is 13.4. The third-order valence-corrected chi connectivity index (χ3v) is 4.70. The standard InChI is InChI=1S/C20H24N2O/c21-18-12-6-4-10-16(18)14-20(23)22-19-13-7-5-11-17(19)15-8-2-1-3-9-15/h1-3,5,7-9,11,13,16,18H,4,6,10,12,14,21H2,(H,22,23). The van der Waals surface area contributed by atoms with Crippen LogP contribution in [0.5, 0.6) is 0 Å². The maximum atomic E-state index is 12.4. The molecule has 2 unspecified atom stereocenters. The topological polar surface area (TPSA) is 55.1 Å². The van der Waals surface area contributed by atoms with E-state index in [1.165, 1.54) is 12.8 Å². The van der Waals surface area contributed by atoms with Crippen molar-refractivity contribution in [1.29, 1.82) is 0 Å². The van der Waals surface area contributed by atoms with Crippen LogP contribution in [0.2, 0.25) is 0 Å². The van der Waals surface area contributed by atoms with E-state index in [0.29, 0.717) is 12.3 Å². The monoisotopic (exact) mass is 308 g/mol. The van der Waals surface area contributed by atoms with Crippen molar-refractivity contribution in [3.63, 3.8) is 0 Å². The highest BCUT2D eigenvalue weighted by Crippen LogP contribution is 2.29. The van der Waals surface area contributed by atoms with Crippen molar-refractivity contribution in [1.82, 2.24) is 0 Å². The molecule has 0 radical (unpaired) electrons. The first kappa shape index (κ1) is 15.8. The minimum Gasteiger partial charge on any atom is -0.327 e. The lowest BCUT2D eigenvalue weighted by atomic mass is 9.83. The second kappa shape index (κ2) is 7.42. The van der Waals surface area contributed by atoms with Crippen molar-refractivity contribution in [2.45, 2.75) is 38.1 Å². The Morgan fingerprint density at radius 2 is 1.70 bits per heavy atom. The van der Waals surface area contributed by atoms with Crippen LogP contribution >= 0.6 is 0 Å². The molecule has 0 aromatic heterocycles. The van der Waals surface area contributed by atoms with Gasteiger partial charge in [-0.15, -0.1) is 0 Å². The summed E-state index contributed by atoms with van der Waals surface area (Å²) in [6, 6.07) is 18.2. The lowest BCUT2D eigenvalue weighted by Crippen LogP contribution is -2.35. The van der Waals surface area contributed by atoms with Crippen molar-refractivity contribution in [2.75, 3.05) is 5.32 Å². The van der Waals surface area contributed by atoms with Crippen LogP contribution in [-0.2, 0) is 4.79 Å². The zero-order chi connectivity index (χ0) is 16.1. The molecule has 1 saturated carbocycles. The lowest BCUT2D eigenvalue weighted by molar-refractivity contribution is -0.117. The summed E-state index contributed by atoms with van der Waals surface area (Å²) in [5, 5.41) is 3.08. The van der Waals surface area contributed by atoms with Crippen molar-refractivity contribution in [3.05, 3.63) is 54.6 Å². The second-order valence-electron chi connectivity index (χ2n) is 6.37. The molecule has 1 fully saturated rings. The first-order valence-electron chi connectivity index (χ1n) is 8.44. The van der Waals surface area contributed by atoms with Gasteiger partial charge in [-0.1, -0.05) is 61.4 Å². The fourth-order valence-electron chi connectivity index (χ4n) is 3.39. The van der Waals surface area contributed by atoms with E-state index in [1.807, 2.05) is 42.5 Å². The molecule has 3 rings (SSSR count). The number of para-hydroxylation sites is 1. The molecular formula is C20H24N2O. The molecule has 0 bridgehead atoms. The quantitative estimate of drug-likeness (QED) is 0.889. The Hall–Kier alpha value is -2.13. The van der Waals surface area contributed by atoms with Gasteiger partial charge in [0.1, 0.15) is 0 Å². The number of hydrogen-bond acceptors (Lipinski definition) is 2. The van der Waals surface area contributed by atoms with Gasteiger partial charge in [-0.2, -0.15) is 0 Å². The number of carbonyl (C=O) groups excluding carboxylic acids is 1. The molecule has 2 aromatic rings. The third-order valence-electron chi connectivity index (χ3n) is 4.70. The highest BCUT2D eigenvalue weighted by atomic mass is 16.1. The van der Waals surface area contributed by atoms with Crippen LogP contribution in [0, 0.1) is 5.92 Å². The van der Waals surface area contributed by atoms with E-state index in [0.717, 1.165) is 29.7 Å². The number of carbonyl (C=O) groups is 1. The maximum Gasteiger partial charge on any atom is 0.224 e. The van der Waals surface area contributed by atoms with E-state index < -0.39 is 0 Å². The summed E-state index contributed by atoms with van der Waals surface area (Å²) < 4.78 is 0. The fraction of sp³-hybridized carbons (Fsp3) is 0.350. The Kier molecular flexibility index (Phi) is 5.09. The summed E-state index contributed by atoms with van der Waals surface area (Å²) >= 11 is 0. The van der Waals surface area contributed by atoms with Crippen molar-refractivity contribution in [3.8, 4) is 11.1 Å². The zero-order valence-corrected chi connectivity index (χ0v) is 13.4. The lowest BCUT2D eigenvalue weighted by Gasteiger charge is -2.28. The fourth-order valence-corrected chi connectivity index (χ4v) is 3.39. The Bertz CT molecular complexity index is 654. The molecule has 0 saturated heterocycles. The van der Waals surface area contributed by atoms with E-state index >= 15 is 0 Å². The van der Waals surface area contributed by atoms with Gasteiger partial charge in [-0.25, -0.2) is 0 Å². The van der Waals surface area contributed by atoms with Gasteiger partial charge >= 0.3 is 0 Å². The summed E-state index contributed by atoms with van der Waals surface area (Å²) in [4.78, 5) is 12.4. The van der Waals surface area contributed by atoms with Crippen LogP contribution in [0.15, 0.2) is 54.6 Å². The maximum absolute atomic E-state index is 12.4. The molecule has 23 heavy (non-hydrogen) atoms. The molecule has 120 valence electrons. The van der Waals surface area contributed by atoms with Crippen LogP contribution in [0.3, 0.4) is 0 Å². The van der Waals surface area contributed by atoms with Gasteiger partial charge in [0.2, 0.25) is 5.91 Å². The van der Waals surface area contributed by atoms with Crippen molar-refractivity contribution in [2.24, 2.45) is 11.7 Å². The molecule has 1 aliphatic rings. The highest BCUT2D eigenvalue weighted by molar-refractivity contribution is 5.95. The number of nitrogens with two attached hydrogens (primary N) is 1. The minimum absolute atomic E-state index is 0.0655. The van der Waals surface area contributed by atoms with Crippen LogP contribution < -0.4 is 11.1 Å². The number of nitrogens with one attached hydrogen (secondary N) is 1. The third kappa shape index (κ3) is 3.99. The van der Waals surface area contributed by atoms with Gasteiger partial charge in [-0.3, -0.25) is 4.79 Å². The molecule has 0 spiro atoms. The number of hydrogen-bond donors (Lipinski definition) is 2. The molecule has 3 nitrogen and oxygen atoms in total. The average Bonchev–Trinajstić information content (AvgIpc) is 2.58. The predicted octanol–water partition coefficient (Wildman–Crippen LogP) is 4.20. The molecule has 1 aliphatic carbocycles. The van der Waals surface area contributed by atoms with E-state index in [-0.39, 0.29) is 11.9 Å². The minimum atomic E-state index is 0.0655. The molecule has 3 N–H and O–H groups in total. The molecule has 2 aromatic carbocycles. The normalized spacial score (nSPS) is 20.9. The van der Waals surface area contributed by atoms with Gasteiger partial charge in [0.15, 0.2) is 0 Å². The Morgan fingerprint density at radius 3 is 2.48 bits per heavy atom. The first-order valence-corrected chi connectivity index (χ1v) is 8.44. The summed E-state index contributed by atoms with van der Waals surface area (Å²) in [6.45, 7) is 0. The van der Waals surface area contributed by atoms with Gasteiger partial charge < -0.3 is 11.1 Å². The molecular weight excluding hydrogens is 284 g/mol. The first-order chi connectivity index (χ1) is 11.2. The number of benzene rings is 2. The van der Waals surface area contributed by atoms with E-state index in [4.69, 9.17) is 5.73 Å². The Labute approximate surface area is 137 Å². The summed E-state index contributed by atoms with van der Waals surface area (Å²) in [5.41, 5.74) is 9.19. The van der Waals surface area contributed by atoms with E-state index in [1.54, 1.807) is 0 Å². The molecule has 1 amide bonds. The second-order valence-corrected chi connectivity index (χ2v) is 6.37. The number of anilines is 1. The average molecular weight is 308 g/mol. The van der Waals surface area contributed by atoms with Gasteiger partial charge in [-0.05, 0) is 30.4 Å². The van der Waals surface area contributed by atoms with Crippen LogP contribution in [0.4, 0.5) is 5.69 Å². The Morgan fingerprint density at radius 1 is 1.00 bits per heavy atom. The van der Waals surface area contributed by atoms with Gasteiger partial charge in [0.05, 0.1) is 0 Å². The highest BCUT2D eigenvalue weighted by Gasteiger charge is 2.24. The van der Waals surface area contributed by atoms with Crippen LogP contribution in [0.25, 0.3) is 11.1 Å². The van der Waals surface area contributed by atoms with Crippen molar-refractivity contribution >= 4 is 11.6 Å². The SMILES string of the molecule is NC1CCCCC1CC(=O)Nc1ccccc1-c1ccccc1. The number of rotatable bonds is 4. The van der Waals surface area contributed by atoms with Crippen molar-refractivity contribution < 1.29 is 4.79 Å². The Balaban J connectivity index is 1.72. The molecule has 0 aliphatic heterocycles. The van der Waals surface area contributed by atoms with Gasteiger partial charge in [0, 0.05) is 23.7 Å².